The van der Waals surface area contributed by atoms with Gasteiger partial charge in [-0.15, -0.1) is 11.8 Å². The second kappa shape index (κ2) is 5.23. The van der Waals surface area contributed by atoms with E-state index in [4.69, 9.17) is 0 Å². The molecule has 2 nitrogen and oxygen atoms in total. The molecule has 0 aliphatic carbocycles. The Morgan fingerprint density at radius 3 is 2.59 bits per heavy atom. The van der Waals surface area contributed by atoms with Gasteiger partial charge in [-0.3, -0.25) is 4.79 Å². The van der Waals surface area contributed by atoms with Crippen molar-refractivity contribution < 1.29 is 4.79 Å². The summed E-state index contributed by atoms with van der Waals surface area (Å²) in [5.41, 5.74) is 0.862. The Morgan fingerprint density at radius 1 is 1.18 bits per heavy atom. The topological polar surface area (TPSA) is 29.1 Å². The zero-order valence-electron chi connectivity index (χ0n) is 9.99. The molecule has 88 valence electrons. The highest BCUT2D eigenvalue weighted by molar-refractivity contribution is 7.98. The second-order valence-corrected chi connectivity index (χ2v) is 4.71. The molecule has 0 fully saturated rings. The van der Waals surface area contributed by atoms with Gasteiger partial charge in [0.25, 0.3) is 0 Å². The smallest absolute Gasteiger partial charge is 0.224 e. The minimum Gasteiger partial charge on any atom is -0.326 e. The first kappa shape index (κ1) is 12.0. The van der Waals surface area contributed by atoms with Gasteiger partial charge in [-0.2, -0.15) is 0 Å². The summed E-state index contributed by atoms with van der Waals surface area (Å²) in [5, 5.41) is 5.22. The van der Waals surface area contributed by atoms with E-state index in [0.717, 1.165) is 11.1 Å². The highest BCUT2D eigenvalue weighted by Gasteiger charge is 2.01. The summed E-state index contributed by atoms with van der Waals surface area (Å²) in [4.78, 5) is 12.6. The van der Waals surface area contributed by atoms with E-state index in [0.29, 0.717) is 6.42 Å². The monoisotopic (exact) mass is 245 g/mol. The average Bonchev–Trinajstić information content (AvgIpc) is 2.38. The van der Waals surface area contributed by atoms with Crippen LogP contribution in [-0.2, 0) is 4.79 Å². The van der Waals surface area contributed by atoms with E-state index in [1.807, 2.05) is 25.1 Å². The lowest BCUT2D eigenvalue weighted by atomic mass is 10.1. The fourth-order valence-corrected chi connectivity index (χ4v) is 2.13. The molecule has 0 spiro atoms. The number of hydrogen-bond donors (Lipinski definition) is 1. The van der Waals surface area contributed by atoms with Crippen molar-refractivity contribution in [2.75, 3.05) is 11.6 Å². The van der Waals surface area contributed by atoms with Gasteiger partial charge in [0.15, 0.2) is 0 Å². The molecule has 0 heterocycles. The van der Waals surface area contributed by atoms with Crippen LogP contribution in [0.15, 0.2) is 41.3 Å². The third-order valence-electron chi connectivity index (χ3n) is 2.65. The summed E-state index contributed by atoms with van der Waals surface area (Å²) in [7, 11) is 0. The molecule has 1 amide bonds. The van der Waals surface area contributed by atoms with Gasteiger partial charge in [0, 0.05) is 17.0 Å². The first-order chi connectivity index (χ1) is 8.22. The fourth-order valence-electron chi connectivity index (χ4n) is 1.68. The average molecular weight is 245 g/mol. The van der Waals surface area contributed by atoms with Crippen LogP contribution in [0.3, 0.4) is 0 Å². The number of rotatable bonds is 3. The van der Waals surface area contributed by atoms with Crippen molar-refractivity contribution in [1.29, 1.82) is 0 Å². The van der Waals surface area contributed by atoms with Crippen molar-refractivity contribution in [3.8, 4) is 0 Å². The predicted molar refractivity (Wildman–Crippen MR) is 74.6 cm³/mol. The summed E-state index contributed by atoms with van der Waals surface area (Å²) in [6, 6.07) is 12.3. The maximum atomic E-state index is 11.3. The summed E-state index contributed by atoms with van der Waals surface area (Å²) in [6.07, 6.45) is 2.57. The number of thioether (sulfide) groups is 1. The van der Waals surface area contributed by atoms with Crippen molar-refractivity contribution in [1.82, 2.24) is 0 Å². The largest absolute Gasteiger partial charge is 0.326 e. The third-order valence-corrected chi connectivity index (χ3v) is 3.38. The molecular weight excluding hydrogens is 230 g/mol. The quantitative estimate of drug-likeness (QED) is 0.831. The molecule has 1 N–H and O–H groups in total. The number of carbonyl (C=O) groups excluding carboxylic acids is 1. The van der Waals surface area contributed by atoms with Crippen LogP contribution in [0.5, 0.6) is 0 Å². The molecule has 0 aliphatic rings. The Morgan fingerprint density at radius 2 is 1.88 bits per heavy atom. The molecule has 0 bridgehead atoms. The minimum atomic E-state index is 0.0464. The zero-order valence-corrected chi connectivity index (χ0v) is 10.8. The fraction of sp³-hybridized carbons (Fsp3) is 0.214. The van der Waals surface area contributed by atoms with E-state index >= 15 is 0 Å². The molecule has 0 saturated carbocycles. The molecule has 0 unspecified atom stereocenters. The number of fused-ring (bicyclic) bond motifs is 1. The van der Waals surface area contributed by atoms with Crippen LogP contribution in [0.2, 0.25) is 0 Å². The summed E-state index contributed by atoms with van der Waals surface area (Å²) < 4.78 is 0. The number of nitrogens with one attached hydrogen (secondary N) is 1. The van der Waals surface area contributed by atoms with Gasteiger partial charge in [0.05, 0.1) is 0 Å². The molecule has 0 aliphatic heterocycles. The van der Waals surface area contributed by atoms with E-state index in [1.54, 1.807) is 11.8 Å². The maximum Gasteiger partial charge on any atom is 0.224 e. The van der Waals surface area contributed by atoms with Gasteiger partial charge >= 0.3 is 0 Å². The first-order valence-electron chi connectivity index (χ1n) is 5.60. The van der Waals surface area contributed by atoms with Crippen LogP contribution in [-0.4, -0.2) is 12.2 Å². The van der Waals surface area contributed by atoms with Gasteiger partial charge < -0.3 is 5.32 Å². The van der Waals surface area contributed by atoms with Crippen molar-refractivity contribution >= 4 is 34.1 Å². The normalized spacial score (nSPS) is 10.5. The minimum absolute atomic E-state index is 0.0464. The molecule has 2 aromatic carbocycles. The lowest BCUT2D eigenvalue weighted by Crippen LogP contribution is -2.09. The number of carbonyl (C=O) groups is 1. The van der Waals surface area contributed by atoms with Crippen molar-refractivity contribution in [3.05, 3.63) is 36.4 Å². The Balaban J connectivity index is 2.34. The molecule has 17 heavy (non-hydrogen) atoms. The Kier molecular flexibility index (Phi) is 3.69. The first-order valence-corrected chi connectivity index (χ1v) is 6.83. The molecule has 0 saturated heterocycles. The van der Waals surface area contributed by atoms with Crippen LogP contribution < -0.4 is 5.32 Å². The Hall–Kier alpha value is -1.48. The SMILES string of the molecule is CCC(=O)Nc1ccc2cc(SC)ccc2c1. The maximum absolute atomic E-state index is 11.3. The molecule has 0 aromatic heterocycles. The van der Waals surface area contributed by atoms with Crippen LogP contribution in [0.25, 0.3) is 10.8 Å². The summed E-state index contributed by atoms with van der Waals surface area (Å²) >= 11 is 1.73. The van der Waals surface area contributed by atoms with E-state index in [2.05, 4.69) is 29.8 Å². The van der Waals surface area contributed by atoms with Crippen LogP contribution in [0.4, 0.5) is 5.69 Å². The van der Waals surface area contributed by atoms with E-state index in [1.165, 1.54) is 10.3 Å². The van der Waals surface area contributed by atoms with Gasteiger partial charge in [0.2, 0.25) is 5.91 Å². The highest BCUT2D eigenvalue weighted by Crippen LogP contribution is 2.24. The van der Waals surface area contributed by atoms with Gasteiger partial charge in [-0.1, -0.05) is 19.1 Å². The van der Waals surface area contributed by atoms with Crippen molar-refractivity contribution in [2.45, 2.75) is 18.2 Å². The zero-order chi connectivity index (χ0) is 12.3. The Labute approximate surface area is 105 Å². The van der Waals surface area contributed by atoms with Crippen molar-refractivity contribution in [2.24, 2.45) is 0 Å². The van der Waals surface area contributed by atoms with Crippen LogP contribution >= 0.6 is 11.8 Å². The lowest BCUT2D eigenvalue weighted by Gasteiger charge is -2.06. The number of hydrogen-bond acceptors (Lipinski definition) is 2. The standard InChI is InChI=1S/C14H15NOS/c1-3-14(16)15-12-6-4-11-9-13(17-2)7-5-10(11)8-12/h4-9H,3H2,1-2H3,(H,15,16). The Bertz CT molecular complexity index is 551. The number of anilines is 1. The number of amides is 1. The summed E-state index contributed by atoms with van der Waals surface area (Å²) in [5.74, 6) is 0.0464. The van der Waals surface area contributed by atoms with Crippen molar-refractivity contribution in [3.63, 3.8) is 0 Å². The molecule has 2 aromatic rings. The number of benzene rings is 2. The van der Waals surface area contributed by atoms with Crippen LogP contribution in [0.1, 0.15) is 13.3 Å². The molecule has 0 radical (unpaired) electrons. The molecule has 3 heteroatoms. The summed E-state index contributed by atoms with van der Waals surface area (Å²) in [6.45, 7) is 1.85. The second-order valence-electron chi connectivity index (χ2n) is 3.83. The van der Waals surface area contributed by atoms with E-state index in [9.17, 15) is 4.79 Å². The lowest BCUT2D eigenvalue weighted by molar-refractivity contribution is -0.115. The molecule has 2 rings (SSSR count). The van der Waals surface area contributed by atoms with Gasteiger partial charge in [-0.25, -0.2) is 0 Å². The van der Waals surface area contributed by atoms with Crippen LogP contribution in [0, 0.1) is 0 Å². The van der Waals surface area contributed by atoms with Gasteiger partial charge in [-0.05, 0) is 41.3 Å². The third kappa shape index (κ3) is 2.80. The van der Waals surface area contributed by atoms with E-state index in [-0.39, 0.29) is 5.91 Å². The molecular formula is C14H15NOS. The molecule has 0 atom stereocenters. The van der Waals surface area contributed by atoms with E-state index < -0.39 is 0 Å². The highest BCUT2D eigenvalue weighted by atomic mass is 32.2. The predicted octanol–water partition coefficient (Wildman–Crippen LogP) is 3.91. The van der Waals surface area contributed by atoms with Gasteiger partial charge in [0.1, 0.15) is 0 Å².